The van der Waals surface area contributed by atoms with E-state index in [1.54, 1.807) is 16.8 Å². The highest BCUT2D eigenvalue weighted by atomic mass is 19.4. The first-order chi connectivity index (χ1) is 14.5. The molecule has 0 unspecified atom stereocenters. The summed E-state index contributed by atoms with van der Waals surface area (Å²) >= 11 is 0. The number of nitrogens with zero attached hydrogens (tertiary/aromatic N) is 3. The van der Waals surface area contributed by atoms with Crippen molar-refractivity contribution in [3.63, 3.8) is 0 Å². The molecule has 0 saturated heterocycles. The number of rotatable bonds is 5. The topological polar surface area (TPSA) is 72.2 Å². The average molecular weight is 434 g/mol. The normalized spacial score (nSPS) is 12.2. The van der Waals surface area contributed by atoms with Crippen LogP contribution in [0.2, 0.25) is 0 Å². The summed E-state index contributed by atoms with van der Waals surface area (Å²) in [7, 11) is 1.54. The lowest BCUT2D eigenvalue weighted by Crippen LogP contribution is -2.13. The molecule has 0 radical (unpaired) electrons. The van der Waals surface area contributed by atoms with Gasteiger partial charge < -0.3 is 15.2 Å². The largest absolute Gasteiger partial charge is 0.494 e. The van der Waals surface area contributed by atoms with Crippen molar-refractivity contribution >= 4 is 11.6 Å². The van der Waals surface area contributed by atoms with Crippen LogP contribution in [0.4, 0.5) is 24.8 Å². The van der Waals surface area contributed by atoms with Crippen molar-refractivity contribution in [1.29, 1.82) is 0 Å². The number of aliphatic hydroxyl groups excluding tert-OH is 1. The minimum Gasteiger partial charge on any atom is -0.494 e. The number of hydrogen-bond acceptors (Lipinski definition) is 5. The van der Waals surface area contributed by atoms with E-state index in [9.17, 15) is 18.3 Å². The fourth-order valence-corrected chi connectivity index (χ4v) is 3.08. The highest BCUT2D eigenvalue weighted by molar-refractivity contribution is 5.63. The van der Waals surface area contributed by atoms with Crippen LogP contribution in [0.3, 0.4) is 0 Å². The maximum atomic E-state index is 13.2. The van der Waals surface area contributed by atoms with Gasteiger partial charge >= 0.3 is 6.18 Å². The van der Waals surface area contributed by atoms with Crippen molar-refractivity contribution in [2.24, 2.45) is 0 Å². The summed E-state index contributed by atoms with van der Waals surface area (Å²) in [5, 5.41) is 17.3. The predicted octanol–water partition coefficient (Wildman–Crippen LogP) is 5.14. The van der Waals surface area contributed by atoms with Gasteiger partial charge in [0.1, 0.15) is 28.8 Å². The van der Waals surface area contributed by atoms with Gasteiger partial charge in [0.25, 0.3) is 0 Å². The third-order valence-corrected chi connectivity index (χ3v) is 4.80. The highest BCUT2D eigenvalue weighted by Crippen LogP contribution is 2.35. The number of pyridine rings is 1. The van der Waals surface area contributed by atoms with Crippen LogP contribution in [0, 0.1) is 6.92 Å². The van der Waals surface area contributed by atoms with Gasteiger partial charge in [0.05, 0.1) is 19.4 Å². The third kappa shape index (κ3) is 4.66. The summed E-state index contributed by atoms with van der Waals surface area (Å²) < 4.78 is 46.7. The van der Waals surface area contributed by atoms with Crippen molar-refractivity contribution in [1.82, 2.24) is 14.8 Å². The van der Waals surface area contributed by atoms with Gasteiger partial charge in [-0.15, -0.1) is 0 Å². The Balaban J connectivity index is 2.20. The van der Waals surface area contributed by atoms with Gasteiger partial charge in [-0.05, 0) is 24.6 Å². The molecule has 0 saturated carbocycles. The van der Waals surface area contributed by atoms with Gasteiger partial charge in [-0.2, -0.15) is 18.3 Å². The molecule has 2 aromatic heterocycles. The second-order valence-corrected chi connectivity index (χ2v) is 8.19. The molecule has 3 rings (SSSR count). The fraction of sp³-hybridized carbons (Fsp3) is 0.364. The number of hydrogen-bond donors (Lipinski definition) is 2. The summed E-state index contributed by atoms with van der Waals surface area (Å²) in [5.41, 5.74) is 1.10. The Morgan fingerprint density at radius 3 is 2.39 bits per heavy atom. The zero-order chi connectivity index (χ0) is 23.0. The molecule has 0 aliphatic heterocycles. The molecule has 0 amide bonds. The minimum absolute atomic E-state index is 0.0912. The number of halogens is 3. The summed E-state index contributed by atoms with van der Waals surface area (Å²) in [6, 6.07) is 9.33. The summed E-state index contributed by atoms with van der Waals surface area (Å²) in [5.74, 6) is 0.872. The summed E-state index contributed by atoms with van der Waals surface area (Å²) in [6.07, 6.45) is -4.61. The molecule has 0 aliphatic rings. The van der Waals surface area contributed by atoms with Crippen molar-refractivity contribution in [3.8, 4) is 11.4 Å². The highest BCUT2D eigenvalue weighted by Gasteiger charge is 2.33. The van der Waals surface area contributed by atoms with Gasteiger partial charge in [-0.1, -0.05) is 39.0 Å². The van der Waals surface area contributed by atoms with Crippen molar-refractivity contribution in [3.05, 3.63) is 58.9 Å². The molecular weight excluding hydrogens is 409 g/mol. The van der Waals surface area contributed by atoms with Gasteiger partial charge in [-0.3, -0.25) is 0 Å². The van der Waals surface area contributed by atoms with E-state index in [2.05, 4.69) is 10.3 Å². The van der Waals surface area contributed by atoms with Crippen LogP contribution < -0.4 is 10.1 Å². The number of para-hydroxylation sites is 1. The van der Waals surface area contributed by atoms with Gasteiger partial charge in [-0.25, -0.2) is 9.67 Å². The molecule has 2 heterocycles. The van der Waals surface area contributed by atoms with E-state index in [1.807, 2.05) is 39.8 Å². The lowest BCUT2D eigenvalue weighted by molar-refractivity contribution is -0.141. The van der Waals surface area contributed by atoms with E-state index in [4.69, 9.17) is 9.84 Å². The Bertz CT molecular complexity index is 1090. The second kappa shape index (κ2) is 8.22. The van der Waals surface area contributed by atoms with Crippen LogP contribution in [-0.4, -0.2) is 27.0 Å². The van der Waals surface area contributed by atoms with Crippen LogP contribution in [0.5, 0.6) is 5.75 Å². The van der Waals surface area contributed by atoms with Gasteiger partial charge in [0, 0.05) is 17.0 Å². The number of ether oxygens (including phenoxy) is 1. The van der Waals surface area contributed by atoms with E-state index in [0.29, 0.717) is 17.3 Å². The number of nitrogens with one attached hydrogen (secondary N) is 1. The van der Waals surface area contributed by atoms with Crippen molar-refractivity contribution in [2.45, 2.75) is 45.9 Å². The molecule has 166 valence electrons. The molecule has 6 nitrogen and oxygen atoms in total. The van der Waals surface area contributed by atoms with E-state index >= 15 is 0 Å². The first-order valence-electron chi connectivity index (χ1n) is 9.65. The van der Waals surface area contributed by atoms with E-state index in [0.717, 1.165) is 17.3 Å². The van der Waals surface area contributed by atoms with Gasteiger partial charge in [0.15, 0.2) is 0 Å². The van der Waals surface area contributed by atoms with Crippen LogP contribution in [0.1, 0.15) is 43.3 Å². The molecule has 2 N–H and O–H groups in total. The molecule has 0 atom stereocenters. The Hall–Kier alpha value is -3.07. The second-order valence-electron chi connectivity index (χ2n) is 8.19. The molecular formula is C22H25F3N4O2. The average Bonchev–Trinajstić information content (AvgIpc) is 3.10. The number of methoxy groups -OCH3 is 1. The Kier molecular flexibility index (Phi) is 6.00. The van der Waals surface area contributed by atoms with E-state index in [-0.39, 0.29) is 16.8 Å². The molecule has 0 bridgehead atoms. The monoisotopic (exact) mass is 434 g/mol. The van der Waals surface area contributed by atoms with Crippen LogP contribution in [-0.2, 0) is 18.2 Å². The molecule has 0 fully saturated rings. The van der Waals surface area contributed by atoms with E-state index < -0.39 is 18.5 Å². The smallest absolute Gasteiger partial charge is 0.433 e. The molecule has 0 spiro atoms. The standard InChI is InChI=1S/C22H25F3N4O2/c1-13-7-6-8-15(31-5)19(13)29-18(11-17(28-29)21(2,3)4)27-20-14(12-30)9-10-16(26-20)22(23,24)25/h6-11,30H,12H2,1-5H3,(H,26,27). The lowest BCUT2D eigenvalue weighted by atomic mass is 9.92. The maximum absolute atomic E-state index is 13.2. The molecule has 1 aromatic carbocycles. The number of anilines is 2. The summed E-state index contributed by atoms with van der Waals surface area (Å²) in [6.45, 7) is 7.38. The van der Waals surface area contributed by atoms with Crippen LogP contribution in [0.15, 0.2) is 36.4 Å². The zero-order valence-electron chi connectivity index (χ0n) is 18.0. The van der Waals surface area contributed by atoms with Crippen molar-refractivity contribution < 1.29 is 23.0 Å². The number of aromatic nitrogens is 3. The van der Waals surface area contributed by atoms with Crippen LogP contribution >= 0.6 is 0 Å². The molecule has 9 heteroatoms. The van der Waals surface area contributed by atoms with Crippen LogP contribution in [0.25, 0.3) is 5.69 Å². The molecule has 3 aromatic rings. The quantitative estimate of drug-likeness (QED) is 0.582. The Morgan fingerprint density at radius 2 is 1.81 bits per heavy atom. The van der Waals surface area contributed by atoms with Gasteiger partial charge in [0.2, 0.25) is 0 Å². The SMILES string of the molecule is COc1cccc(C)c1-n1nc(C(C)(C)C)cc1Nc1nc(C(F)(F)F)ccc1CO. The zero-order valence-corrected chi connectivity index (χ0v) is 18.0. The maximum Gasteiger partial charge on any atom is 0.433 e. The molecule has 31 heavy (non-hydrogen) atoms. The number of aryl methyl sites for hydroxylation is 1. The van der Waals surface area contributed by atoms with Crippen molar-refractivity contribution in [2.75, 3.05) is 12.4 Å². The summed E-state index contributed by atoms with van der Waals surface area (Å²) in [4.78, 5) is 3.71. The predicted molar refractivity (Wildman–Crippen MR) is 112 cm³/mol. The number of aliphatic hydroxyl groups is 1. The fourth-order valence-electron chi connectivity index (χ4n) is 3.08. The molecule has 0 aliphatic carbocycles. The number of alkyl halides is 3. The van der Waals surface area contributed by atoms with E-state index in [1.165, 1.54) is 13.2 Å². The number of benzene rings is 1. The first kappa shape index (κ1) is 22.6. The third-order valence-electron chi connectivity index (χ3n) is 4.80. The lowest BCUT2D eigenvalue weighted by Gasteiger charge is -2.17. The first-order valence-corrected chi connectivity index (χ1v) is 9.65. The minimum atomic E-state index is -4.61. The Morgan fingerprint density at radius 1 is 1.10 bits per heavy atom. The Labute approximate surface area is 178 Å².